The molecule has 0 amide bonds. The third-order valence-electron chi connectivity index (χ3n) is 5.05. The molecule has 1 aliphatic heterocycles. The average molecular weight is 458 g/mol. The highest BCUT2D eigenvalue weighted by Gasteiger charge is 2.20. The topological polar surface area (TPSA) is 65.6 Å². The van der Waals surface area contributed by atoms with Crippen molar-refractivity contribution >= 4 is 46.4 Å². The zero-order chi connectivity index (χ0) is 20.4. The van der Waals surface area contributed by atoms with Gasteiger partial charge < -0.3 is 4.74 Å². The van der Waals surface area contributed by atoms with E-state index in [0.717, 1.165) is 49.9 Å². The first kappa shape index (κ1) is 20.7. The maximum Gasteiger partial charge on any atom is 0.325 e. The van der Waals surface area contributed by atoms with Crippen LogP contribution < -0.4 is 9.67 Å². The molecule has 4 rings (SSSR count). The Balaban J connectivity index is 1.55. The van der Waals surface area contributed by atoms with E-state index in [1.54, 1.807) is 9.36 Å². The van der Waals surface area contributed by atoms with Gasteiger partial charge in [0.15, 0.2) is 0 Å². The molecule has 1 aromatic heterocycles. The van der Waals surface area contributed by atoms with Gasteiger partial charge in [-0.3, -0.25) is 14.3 Å². The Labute approximate surface area is 180 Å². The van der Waals surface area contributed by atoms with Gasteiger partial charge in [-0.05, 0) is 62.0 Å². The lowest BCUT2D eigenvalue weighted by Crippen LogP contribution is -2.31. The largest absolute Gasteiger partial charge is 0.462 e. The first-order valence-corrected chi connectivity index (χ1v) is 11.9. The molecule has 2 heterocycles. The van der Waals surface area contributed by atoms with Crippen LogP contribution in [0.25, 0.3) is 0 Å². The van der Waals surface area contributed by atoms with Gasteiger partial charge in [-0.25, -0.2) is 14.1 Å². The highest BCUT2D eigenvalue weighted by molar-refractivity contribution is 8.00. The van der Waals surface area contributed by atoms with Crippen LogP contribution in [0.5, 0.6) is 0 Å². The molecular formula is C19H21ClFN3O3S2. The number of aromatic nitrogens is 2. The minimum Gasteiger partial charge on any atom is -0.462 e. The molecule has 1 saturated carbocycles. The highest BCUT2D eigenvalue weighted by Crippen LogP contribution is 2.33. The van der Waals surface area contributed by atoms with Gasteiger partial charge in [0.2, 0.25) is 4.80 Å². The van der Waals surface area contributed by atoms with Gasteiger partial charge >= 0.3 is 10.8 Å². The minimum atomic E-state index is -0.566. The molecular weight excluding hydrogens is 437 g/mol. The standard InChI is InChI=1S/C19H21ClFN3O3S2/c20-13-9-14(21)15(22-18-23-7-3-4-8-24(23)19(26)29-18)10-16(13)28-11-17(25)27-12-5-1-2-6-12/h9-10,12H,1-8,11H2/b22-18+. The molecule has 0 radical (unpaired) electrons. The van der Waals surface area contributed by atoms with Crippen molar-refractivity contribution in [2.75, 3.05) is 5.75 Å². The molecule has 0 unspecified atom stereocenters. The molecule has 156 valence electrons. The summed E-state index contributed by atoms with van der Waals surface area (Å²) in [5.74, 6) is -0.759. The molecule has 1 fully saturated rings. The summed E-state index contributed by atoms with van der Waals surface area (Å²) in [5, 5.41) is 0.222. The number of hydrogen-bond donors (Lipinski definition) is 0. The van der Waals surface area contributed by atoms with Crippen LogP contribution in [0.4, 0.5) is 10.1 Å². The molecule has 0 N–H and O–H groups in total. The third-order valence-corrected chi connectivity index (χ3v) is 7.38. The van der Waals surface area contributed by atoms with Gasteiger partial charge in [0, 0.05) is 18.0 Å². The van der Waals surface area contributed by atoms with Gasteiger partial charge in [0.25, 0.3) is 0 Å². The number of ether oxygens (including phenoxy) is 1. The number of esters is 1. The Morgan fingerprint density at radius 1 is 1.24 bits per heavy atom. The molecule has 0 spiro atoms. The second kappa shape index (κ2) is 9.06. The van der Waals surface area contributed by atoms with E-state index in [9.17, 15) is 14.0 Å². The third kappa shape index (κ3) is 4.78. The van der Waals surface area contributed by atoms with Crippen molar-refractivity contribution in [2.24, 2.45) is 4.99 Å². The van der Waals surface area contributed by atoms with Crippen LogP contribution in [0.2, 0.25) is 5.02 Å². The molecule has 0 bridgehead atoms. The summed E-state index contributed by atoms with van der Waals surface area (Å²) in [7, 11) is 0. The van der Waals surface area contributed by atoms with Crippen LogP contribution in [0.15, 0.2) is 26.8 Å². The van der Waals surface area contributed by atoms with Crippen LogP contribution in [0.1, 0.15) is 38.5 Å². The van der Waals surface area contributed by atoms with Crippen molar-refractivity contribution in [3.8, 4) is 0 Å². The van der Waals surface area contributed by atoms with Crippen LogP contribution in [-0.2, 0) is 22.6 Å². The van der Waals surface area contributed by atoms with Crippen molar-refractivity contribution in [3.05, 3.63) is 37.4 Å². The number of hydrogen-bond acceptors (Lipinski definition) is 6. The average Bonchev–Trinajstić information content (AvgIpc) is 3.31. The lowest BCUT2D eigenvalue weighted by molar-refractivity contribution is -0.145. The zero-order valence-corrected chi connectivity index (χ0v) is 18.1. The quantitative estimate of drug-likeness (QED) is 0.500. The number of nitrogens with zero attached hydrogens (tertiary/aromatic N) is 3. The fourth-order valence-corrected chi connectivity index (χ4v) is 5.54. The number of fused-ring (bicyclic) bond motifs is 1. The molecule has 2 aliphatic rings. The maximum atomic E-state index is 14.5. The Kier molecular flexibility index (Phi) is 6.46. The Morgan fingerprint density at radius 2 is 1.97 bits per heavy atom. The molecule has 1 aliphatic carbocycles. The van der Waals surface area contributed by atoms with E-state index in [1.165, 1.54) is 23.9 Å². The smallest absolute Gasteiger partial charge is 0.325 e. The number of halogens is 2. The predicted octanol–water partition coefficient (Wildman–Crippen LogP) is 4.11. The summed E-state index contributed by atoms with van der Waals surface area (Å²) in [5.41, 5.74) is 0.101. The molecule has 0 saturated heterocycles. The van der Waals surface area contributed by atoms with Crippen molar-refractivity contribution in [1.82, 2.24) is 9.36 Å². The van der Waals surface area contributed by atoms with E-state index in [1.807, 2.05) is 0 Å². The fourth-order valence-electron chi connectivity index (χ4n) is 3.60. The number of thioether (sulfide) groups is 1. The Bertz CT molecular complexity index is 1040. The Hall–Kier alpha value is -1.58. The SMILES string of the molecule is O=C(CSc1cc(/N=c2/sc(=O)n3n2CCCC3)c(F)cc1Cl)OC1CCCC1. The summed E-state index contributed by atoms with van der Waals surface area (Å²) in [4.78, 5) is 29.5. The summed E-state index contributed by atoms with van der Waals surface area (Å²) < 4.78 is 23.4. The van der Waals surface area contributed by atoms with E-state index in [0.29, 0.717) is 22.8 Å². The Morgan fingerprint density at radius 3 is 2.72 bits per heavy atom. The van der Waals surface area contributed by atoms with Gasteiger partial charge in [-0.15, -0.1) is 11.8 Å². The molecule has 10 heteroatoms. The molecule has 1 aromatic carbocycles. The summed E-state index contributed by atoms with van der Waals surface area (Å²) in [6.45, 7) is 1.33. The monoisotopic (exact) mass is 457 g/mol. The number of carbonyl (C=O) groups excluding carboxylic acids is 1. The predicted molar refractivity (Wildman–Crippen MR) is 112 cm³/mol. The van der Waals surface area contributed by atoms with E-state index in [2.05, 4.69) is 4.99 Å². The van der Waals surface area contributed by atoms with E-state index >= 15 is 0 Å². The fraction of sp³-hybridized carbons (Fsp3) is 0.526. The lowest BCUT2D eigenvalue weighted by atomic mass is 10.3. The minimum absolute atomic E-state index is 0.0122. The summed E-state index contributed by atoms with van der Waals surface area (Å²) in [6, 6.07) is 2.72. The van der Waals surface area contributed by atoms with E-state index < -0.39 is 5.82 Å². The van der Waals surface area contributed by atoms with Crippen LogP contribution in [0.3, 0.4) is 0 Å². The van der Waals surface area contributed by atoms with Gasteiger partial charge in [0.1, 0.15) is 17.6 Å². The second-order valence-electron chi connectivity index (χ2n) is 7.13. The van der Waals surface area contributed by atoms with E-state index in [-0.39, 0.29) is 33.4 Å². The summed E-state index contributed by atoms with van der Waals surface area (Å²) >= 11 is 8.37. The maximum absolute atomic E-state index is 14.5. The number of carbonyl (C=O) groups is 1. The first-order valence-electron chi connectivity index (χ1n) is 9.68. The van der Waals surface area contributed by atoms with Gasteiger partial charge in [-0.1, -0.05) is 11.6 Å². The molecule has 6 nitrogen and oxygen atoms in total. The highest BCUT2D eigenvalue weighted by atomic mass is 35.5. The van der Waals surface area contributed by atoms with Crippen molar-refractivity contribution in [1.29, 1.82) is 0 Å². The van der Waals surface area contributed by atoms with Crippen LogP contribution in [0, 0.1) is 5.82 Å². The molecule has 0 atom stereocenters. The lowest BCUT2D eigenvalue weighted by Gasteiger charge is -2.15. The van der Waals surface area contributed by atoms with Crippen LogP contribution >= 0.6 is 34.7 Å². The van der Waals surface area contributed by atoms with Gasteiger partial charge in [-0.2, -0.15) is 0 Å². The first-order chi connectivity index (χ1) is 14.0. The normalized spacial score (nSPS) is 17.5. The van der Waals surface area contributed by atoms with E-state index in [4.69, 9.17) is 16.3 Å². The number of benzene rings is 1. The van der Waals surface area contributed by atoms with Crippen molar-refractivity contribution in [2.45, 2.75) is 62.6 Å². The second-order valence-corrected chi connectivity index (χ2v) is 9.48. The van der Waals surface area contributed by atoms with Crippen molar-refractivity contribution < 1.29 is 13.9 Å². The summed E-state index contributed by atoms with van der Waals surface area (Å²) in [6.07, 6.45) is 5.93. The molecule has 29 heavy (non-hydrogen) atoms. The molecule has 2 aromatic rings. The van der Waals surface area contributed by atoms with Crippen LogP contribution in [-0.4, -0.2) is 27.2 Å². The van der Waals surface area contributed by atoms with Gasteiger partial charge in [0.05, 0.1) is 10.8 Å². The van der Waals surface area contributed by atoms with Crippen molar-refractivity contribution in [3.63, 3.8) is 0 Å². The zero-order valence-electron chi connectivity index (χ0n) is 15.7. The number of rotatable bonds is 5.